The van der Waals surface area contributed by atoms with Gasteiger partial charge in [0.2, 0.25) is 5.13 Å². The molecule has 5 nitrogen and oxygen atoms in total. The summed E-state index contributed by atoms with van der Waals surface area (Å²) >= 11 is 1.38. The van der Waals surface area contributed by atoms with E-state index in [0.717, 1.165) is 10.6 Å². The van der Waals surface area contributed by atoms with E-state index in [9.17, 15) is 4.79 Å². The van der Waals surface area contributed by atoms with Gasteiger partial charge in [0.25, 0.3) is 5.91 Å². The van der Waals surface area contributed by atoms with E-state index >= 15 is 0 Å². The summed E-state index contributed by atoms with van der Waals surface area (Å²) in [5.41, 5.74) is 2.28. The lowest BCUT2D eigenvalue weighted by atomic mass is 9.87. The molecule has 146 valence electrons. The average Bonchev–Trinajstić information content (AvgIpc) is 3.17. The van der Waals surface area contributed by atoms with Crippen LogP contribution < -0.4 is 9.64 Å². The van der Waals surface area contributed by atoms with Crippen molar-refractivity contribution in [1.82, 2.24) is 10.2 Å². The minimum Gasteiger partial charge on any atom is -0.481 e. The van der Waals surface area contributed by atoms with Crippen molar-refractivity contribution in [1.29, 1.82) is 0 Å². The lowest BCUT2D eigenvalue weighted by molar-refractivity contribution is -0.124. The van der Waals surface area contributed by atoms with Crippen LogP contribution in [0.25, 0.3) is 10.6 Å². The van der Waals surface area contributed by atoms with Crippen LogP contribution in [0.2, 0.25) is 0 Å². The van der Waals surface area contributed by atoms with Crippen molar-refractivity contribution >= 4 is 22.4 Å². The molecule has 0 spiro atoms. The van der Waals surface area contributed by atoms with Crippen LogP contribution in [-0.2, 0) is 10.2 Å². The van der Waals surface area contributed by atoms with E-state index in [1.54, 1.807) is 14.0 Å². The molecule has 2 aromatic carbocycles. The molecule has 1 aromatic heterocycles. The number of benzene rings is 2. The fraction of sp³-hybridized carbons (Fsp3) is 0.318. The maximum atomic E-state index is 12.8. The Morgan fingerprint density at radius 3 is 2.29 bits per heavy atom. The second-order valence-electron chi connectivity index (χ2n) is 7.69. The van der Waals surface area contributed by atoms with E-state index in [1.807, 2.05) is 54.6 Å². The van der Waals surface area contributed by atoms with Crippen LogP contribution in [0, 0.1) is 0 Å². The first kappa shape index (κ1) is 20.0. The summed E-state index contributed by atoms with van der Waals surface area (Å²) in [5.74, 6) is 0.500. The zero-order valence-electron chi connectivity index (χ0n) is 16.8. The van der Waals surface area contributed by atoms with Crippen LogP contribution in [0.3, 0.4) is 0 Å². The Hall–Kier alpha value is -2.73. The highest BCUT2D eigenvalue weighted by Gasteiger charge is 2.23. The maximum Gasteiger partial charge on any atom is 0.269 e. The lowest BCUT2D eigenvalue weighted by Crippen LogP contribution is -2.38. The van der Waals surface area contributed by atoms with Gasteiger partial charge in [-0.15, -0.1) is 10.2 Å². The number of nitrogens with zero attached hydrogens (tertiary/aromatic N) is 3. The third-order valence-electron chi connectivity index (χ3n) is 4.43. The van der Waals surface area contributed by atoms with Gasteiger partial charge in [-0.1, -0.05) is 74.6 Å². The minimum absolute atomic E-state index is 0.0779. The average molecular weight is 396 g/mol. The van der Waals surface area contributed by atoms with Gasteiger partial charge >= 0.3 is 0 Å². The SMILES string of the molecule is CC(Oc1ccc(C(C)(C)C)cc1)C(=O)N(C)c1nnc(-c2ccccc2)s1. The summed E-state index contributed by atoms with van der Waals surface area (Å²) in [6, 6.07) is 17.7. The number of hydrogen-bond acceptors (Lipinski definition) is 5. The Morgan fingerprint density at radius 2 is 1.68 bits per heavy atom. The first-order valence-corrected chi connectivity index (χ1v) is 10.0. The molecular formula is C22H25N3O2S. The van der Waals surface area contributed by atoms with Gasteiger partial charge in [0.1, 0.15) is 10.8 Å². The molecule has 0 radical (unpaired) electrons. The molecule has 0 bridgehead atoms. The fourth-order valence-corrected chi connectivity index (χ4v) is 3.52. The van der Waals surface area contributed by atoms with Crippen molar-refractivity contribution < 1.29 is 9.53 Å². The van der Waals surface area contributed by atoms with E-state index in [-0.39, 0.29) is 11.3 Å². The minimum atomic E-state index is -0.630. The predicted octanol–water partition coefficient (Wildman–Crippen LogP) is 4.93. The predicted molar refractivity (Wildman–Crippen MR) is 114 cm³/mol. The Morgan fingerprint density at radius 1 is 1.04 bits per heavy atom. The summed E-state index contributed by atoms with van der Waals surface area (Å²) in [7, 11) is 1.69. The molecule has 1 heterocycles. The number of carbonyl (C=O) groups excluding carboxylic acids is 1. The van der Waals surface area contributed by atoms with Crippen LogP contribution in [0.5, 0.6) is 5.75 Å². The Labute approximate surface area is 170 Å². The molecule has 1 atom stereocenters. The van der Waals surface area contributed by atoms with Crippen molar-refractivity contribution in [2.75, 3.05) is 11.9 Å². The number of hydrogen-bond donors (Lipinski definition) is 0. The topological polar surface area (TPSA) is 55.3 Å². The first-order valence-electron chi connectivity index (χ1n) is 9.19. The van der Waals surface area contributed by atoms with Crippen molar-refractivity contribution in [2.24, 2.45) is 0 Å². The number of carbonyl (C=O) groups is 1. The zero-order chi connectivity index (χ0) is 20.3. The highest BCUT2D eigenvalue weighted by molar-refractivity contribution is 7.18. The fourth-order valence-electron chi connectivity index (χ4n) is 2.70. The van der Waals surface area contributed by atoms with E-state index in [0.29, 0.717) is 10.9 Å². The van der Waals surface area contributed by atoms with Crippen LogP contribution in [-0.4, -0.2) is 29.3 Å². The number of aromatic nitrogens is 2. The standard InChI is InChI=1S/C22H25N3O2S/c1-15(27-18-13-11-17(12-14-18)22(2,3)4)20(26)25(5)21-24-23-19(28-21)16-9-7-6-8-10-16/h6-15H,1-5H3. The van der Waals surface area contributed by atoms with Gasteiger partial charge in [0, 0.05) is 12.6 Å². The van der Waals surface area contributed by atoms with Gasteiger partial charge in [0.05, 0.1) is 0 Å². The maximum absolute atomic E-state index is 12.8. The Balaban J connectivity index is 1.67. The van der Waals surface area contributed by atoms with Gasteiger partial charge in [-0.25, -0.2) is 0 Å². The summed E-state index contributed by atoms with van der Waals surface area (Å²) in [4.78, 5) is 14.3. The van der Waals surface area contributed by atoms with Crippen molar-refractivity contribution in [2.45, 2.75) is 39.2 Å². The number of amides is 1. The number of anilines is 1. The Kier molecular flexibility index (Phi) is 5.79. The second kappa shape index (κ2) is 8.10. The van der Waals surface area contributed by atoms with Gasteiger partial charge in [0.15, 0.2) is 6.10 Å². The van der Waals surface area contributed by atoms with Crippen LogP contribution in [0.1, 0.15) is 33.3 Å². The monoisotopic (exact) mass is 395 g/mol. The molecule has 0 saturated heterocycles. The van der Waals surface area contributed by atoms with Crippen molar-refractivity contribution in [3.8, 4) is 16.3 Å². The normalized spacial score (nSPS) is 12.5. The van der Waals surface area contributed by atoms with E-state index in [2.05, 4.69) is 31.0 Å². The smallest absolute Gasteiger partial charge is 0.269 e. The number of likely N-dealkylation sites (N-methyl/N-ethyl adjacent to an activating group) is 1. The zero-order valence-corrected chi connectivity index (χ0v) is 17.7. The summed E-state index contributed by atoms with van der Waals surface area (Å²) in [6.07, 6.45) is -0.630. The molecule has 1 unspecified atom stereocenters. The Bertz CT molecular complexity index is 930. The van der Waals surface area contributed by atoms with Gasteiger partial charge < -0.3 is 4.74 Å². The van der Waals surface area contributed by atoms with Gasteiger partial charge in [-0.05, 0) is 30.0 Å². The molecule has 0 aliphatic heterocycles. The van der Waals surface area contributed by atoms with Crippen LogP contribution in [0.4, 0.5) is 5.13 Å². The molecule has 1 amide bonds. The highest BCUT2D eigenvalue weighted by Crippen LogP contribution is 2.29. The molecule has 0 N–H and O–H groups in total. The van der Waals surface area contributed by atoms with E-state index in [4.69, 9.17) is 4.74 Å². The van der Waals surface area contributed by atoms with Crippen molar-refractivity contribution in [3.63, 3.8) is 0 Å². The highest BCUT2D eigenvalue weighted by atomic mass is 32.1. The van der Waals surface area contributed by atoms with Gasteiger partial charge in [-0.2, -0.15) is 0 Å². The van der Waals surface area contributed by atoms with Crippen molar-refractivity contribution in [3.05, 3.63) is 60.2 Å². The summed E-state index contributed by atoms with van der Waals surface area (Å²) < 4.78 is 5.84. The molecule has 28 heavy (non-hydrogen) atoms. The van der Waals surface area contributed by atoms with E-state index < -0.39 is 6.10 Å². The van der Waals surface area contributed by atoms with Crippen LogP contribution in [0.15, 0.2) is 54.6 Å². The summed E-state index contributed by atoms with van der Waals surface area (Å²) in [6.45, 7) is 8.23. The number of ether oxygens (including phenoxy) is 1. The largest absolute Gasteiger partial charge is 0.481 e. The lowest BCUT2D eigenvalue weighted by Gasteiger charge is -2.21. The molecule has 0 aliphatic carbocycles. The third kappa shape index (κ3) is 4.57. The molecular weight excluding hydrogens is 370 g/mol. The molecule has 3 rings (SSSR count). The first-order chi connectivity index (χ1) is 13.3. The summed E-state index contributed by atoms with van der Waals surface area (Å²) in [5, 5.41) is 9.68. The molecule has 3 aromatic rings. The van der Waals surface area contributed by atoms with Crippen LogP contribution >= 0.6 is 11.3 Å². The molecule has 0 aliphatic rings. The molecule has 0 fully saturated rings. The van der Waals surface area contributed by atoms with Gasteiger partial charge in [-0.3, -0.25) is 9.69 Å². The molecule has 0 saturated carbocycles. The van der Waals surface area contributed by atoms with E-state index in [1.165, 1.54) is 21.8 Å². The number of rotatable bonds is 5. The second-order valence-corrected chi connectivity index (χ2v) is 8.64. The third-order valence-corrected chi connectivity index (χ3v) is 5.48. The quantitative estimate of drug-likeness (QED) is 0.614. The molecule has 6 heteroatoms.